The van der Waals surface area contributed by atoms with E-state index in [1.54, 1.807) is 0 Å². The lowest BCUT2D eigenvalue weighted by atomic mass is 10.1. The molecule has 3 heteroatoms. The van der Waals surface area contributed by atoms with Crippen LogP contribution in [0.1, 0.15) is 29.7 Å². The molecule has 0 aliphatic carbocycles. The number of nitrogens with one attached hydrogen (secondary N) is 1. The van der Waals surface area contributed by atoms with E-state index in [2.05, 4.69) is 11.4 Å². The zero-order valence-electron chi connectivity index (χ0n) is 11.1. The lowest BCUT2D eigenvalue weighted by molar-refractivity contribution is 0.554. The van der Waals surface area contributed by atoms with Gasteiger partial charge in [-0.05, 0) is 37.1 Å². The van der Waals surface area contributed by atoms with Crippen LogP contribution < -0.4 is 5.32 Å². The lowest BCUT2D eigenvalue weighted by Crippen LogP contribution is -2.18. The number of hydrogen-bond donors (Lipinski definition) is 1. The summed E-state index contributed by atoms with van der Waals surface area (Å²) in [5.74, 6) is -1.08. The van der Waals surface area contributed by atoms with Crippen molar-refractivity contribution in [1.29, 1.82) is 0 Å². The summed E-state index contributed by atoms with van der Waals surface area (Å²) in [7, 11) is 0. The molecule has 2 aromatic rings. The van der Waals surface area contributed by atoms with E-state index in [-0.39, 0.29) is 6.04 Å². The van der Waals surface area contributed by atoms with E-state index in [9.17, 15) is 8.78 Å². The Kier molecular flexibility index (Phi) is 4.27. The number of aryl methyl sites for hydroxylation is 1. The van der Waals surface area contributed by atoms with Gasteiger partial charge in [0.05, 0.1) is 0 Å². The molecule has 0 fully saturated rings. The van der Waals surface area contributed by atoms with Crippen LogP contribution in [0.3, 0.4) is 0 Å². The highest BCUT2D eigenvalue weighted by atomic mass is 19.1. The van der Waals surface area contributed by atoms with Crippen LogP contribution in [0.15, 0.2) is 42.5 Å². The molecule has 0 heterocycles. The minimum atomic E-state index is -0.542. The molecule has 1 atom stereocenters. The van der Waals surface area contributed by atoms with E-state index < -0.39 is 11.6 Å². The van der Waals surface area contributed by atoms with Crippen molar-refractivity contribution in [2.75, 3.05) is 0 Å². The molecule has 0 spiro atoms. The van der Waals surface area contributed by atoms with Crippen molar-refractivity contribution in [3.05, 3.63) is 70.8 Å². The van der Waals surface area contributed by atoms with Crippen LogP contribution in [0, 0.1) is 18.6 Å². The SMILES string of the molecule is Cc1cccc([C@@H](C)NCc2cc(F)cc(F)c2)c1. The summed E-state index contributed by atoms with van der Waals surface area (Å²) in [4.78, 5) is 0. The Labute approximate surface area is 112 Å². The summed E-state index contributed by atoms with van der Waals surface area (Å²) in [6.07, 6.45) is 0. The molecular weight excluding hydrogens is 244 g/mol. The Morgan fingerprint density at radius 1 is 1.05 bits per heavy atom. The average Bonchev–Trinajstić information content (AvgIpc) is 2.35. The highest BCUT2D eigenvalue weighted by Crippen LogP contribution is 2.15. The zero-order valence-corrected chi connectivity index (χ0v) is 11.1. The normalized spacial score (nSPS) is 12.4. The topological polar surface area (TPSA) is 12.0 Å². The van der Waals surface area contributed by atoms with Gasteiger partial charge in [0, 0.05) is 18.7 Å². The monoisotopic (exact) mass is 261 g/mol. The fourth-order valence-corrected chi connectivity index (χ4v) is 2.04. The maximum Gasteiger partial charge on any atom is 0.126 e. The van der Waals surface area contributed by atoms with Crippen molar-refractivity contribution in [2.45, 2.75) is 26.4 Å². The predicted molar refractivity (Wildman–Crippen MR) is 72.8 cm³/mol. The summed E-state index contributed by atoms with van der Waals surface area (Å²) >= 11 is 0. The molecular formula is C16H17F2N. The average molecular weight is 261 g/mol. The fourth-order valence-electron chi connectivity index (χ4n) is 2.04. The third-order valence-corrected chi connectivity index (χ3v) is 3.08. The van der Waals surface area contributed by atoms with Gasteiger partial charge in [0.2, 0.25) is 0 Å². The van der Waals surface area contributed by atoms with Gasteiger partial charge in [0.1, 0.15) is 11.6 Å². The van der Waals surface area contributed by atoms with Crippen LogP contribution in [0.2, 0.25) is 0 Å². The largest absolute Gasteiger partial charge is 0.306 e. The maximum atomic E-state index is 13.1. The van der Waals surface area contributed by atoms with E-state index in [0.717, 1.165) is 11.6 Å². The van der Waals surface area contributed by atoms with Gasteiger partial charge in [-0.3, -0.25) is 0 Å². The fraction of sp³-hybridized carbons (Fsp3) is 0.250. The van der Waals surface area contributed by atoms with Gasteiger partial charge in [0.15, 0.2) is 0 Å². The minimum absolute atomic E-state index is 0.131. The first-order valence-electron chi connectivity index (χ1n) is 6.29. The van der Waals surface area contributed by atoms with Crippen LogP contribution in [0.5, 0.6) is 0 Å². The maximum absolute atomic E-state index is 13.1. The van der Waals surface area contributed by atoms with E-state index >= 15 is 0 Å². The van der Waals surface area contributed by atoms with Crippen LogP contribution >= 0.6 is 0 Å². The van der Waals surface area contributed by atoms with E-state index in [4.69, 9.17) is 0 Å². The predicted octanol–water partition coefficient (Wildman–Crippen LogP) is 4.12. The quantitative estimate of drug-likeness (QED) is 0.872. The third kappa shape index (κ3) is 3.86. The van der Waals surface area contributed by atoms with Crippen molar-refractivity contribution >= 4 is 0 Å². The van der Waals surface area contributed by atoms with Crippen LogP contribution in [-0.2, 0) is 6.54 Å². The van der Waals surface area contributed by atoms with Gasteiger partial charge in [-0.25, -0.2) is 8.78 Å². The molecule has 0 aliphatic heterocycles. The molecule has 0 saturated carbocycles. The second kappa shape index (κ2) is 5.93. The Morgan fingerprint density at radius 3 is 2.37 bits per heavy atom. The molecule has 0 saturated heterocycles. The van der Waals surface area contributed by atoms with Crippen LogP contribution in [0.4, 0.5) is 8.78 Å². The van der Waals surface area contributed by atoms with Gasteiger partial charge in [-0.15, -0.1) is 0 Å². The zero-order chi connectivity index (χ0) is 13.8. The molecule has 19 heavy (non-hydrogen) atoms. The van der Waals surface area contributed by atoms with Gasteiger partial charge in [0.25, 0.3) is 0 Å². The molecule has 0 unspecified atom stereocenters. The smallest absolute Gasteiger partial charge is 0.126 e. The Hall–Kier alpha value is -1.74. The Balaban J connectivity index is 2.02. The van der Waals surface area contributed by atoms with E-state index in [0.29, 0.717) is 12.1 Å². The summed E-state index contributed by atoms with van der Waals surface area (Å²) in [5.41, 5.74) is 2.97. The first-order chi connectivity index (χ1) is 9.04. The standard InChI is InChI=1S/C16H17F2N/c1-11-4-3-5-14(6-11)12(2)19-10-13-7-15(17)9-16(18)8-13/h3-9,12,19H,10H2,1-2H3/t12-/m1/s1. The van der Waals surface area contributed by atoms with Crippen molar-refractivity contribution in [3.8, 4) is 0 Å². The number of hydrogen-bond acceptors (Lipinski definition) is 1. The highest BCUT2D eigenvalue weighted by Gasteiger charge is 2.06. The molecule has 2 rings (SSSR count). The Bertz CT molecular complexity index is 546. The van der Waals surface area contributed by atoms with E-state index in [1.165, 1.54) is 17.7 Å². The summed E-state index contributed by atoms with van der Waals surface area (Å²) in [6, 6.07) is 11.9. The van der Waals surface area contributed by atoms with Crippen molar-refractivity contribution in [3.63, 3.8) is 0 Å². The molecule has 0 aliphatic rings. The first kappa shape index (κ1) is 13.7. The molecule has 0 radical (unpaired) electrons. The summed E-state index contributed by atoms with van der Waals surface area (Å²) in [6.45, 7) is 4.51. The molecule has 0 aromatic heterocycles. The molecule has 1 nitrogen and oxygen atoms in total. The van der Waals surface area contributed by atoms with Crippen molar-refractivity contribution in [2.24, 2.45) is 0 Å². The summed E-state index contributed by atoms with van der Waals surface area (Å²) in [5, 5.41) is 3.26. The van der Waals surface area contributed by atoms with Crippen LogP contribution in [0.25, 0.3) is 0 Å². The highest BCUT2D eigenvalue weighted by molar-refractivity contribution is 5.25. The van der Waals surface area contributed by atoms with Gasteiger partial charge in [-0.1, -0.05) is 29.8 Å². The number of rotatable bonds is 4. The molecule has 1 N–H and O–H groups in total. The third-order valence-electron chi connectivity index (χ3n) is 3.08. The minimum Gasteiger partial charge on any atom is -0.306 e. The second-order valence-corrected chi connectivity index (χ2v) is 4.79. The van der Waals surface area contributed by atoms with Crippen molar-refractivity contribution in [1.82, 2.24) is 5.32 Å². The first-order valence-corrected chi connectivity index (χ1v) is 6.29. The molecule has 0 amide bonds. The second-order valence-electron chi connectivity index (χ2n) is 4.79. The van der Waals surface area contributed by atoms with Crippen LogP contribution in [-0.4, -0.2) is 0 Å². The number of benzene rings is 2. The van der Waals surface area contributed by atoms with Gasteiger partial charge < -0.3 is 5.32 Å². The van der Waals surface area contributed by atoms with E-state index in [1.807, 2.05) is 32.0 Å². The van der Waals surface area contributed by atoms with Gasteiger partial charge in [-0.2, -0.15) is 0 Å². The molecule has 0 bridgehead atoms. The molecule has 2 aromatic carbocycles. The lowest BCUT2D eigenvalue weighted by Gasteiger charge is -2.15. The van der Waals surface area contributed by atoms with Crippen molar-refractivity contribution < 1.29 is 8.78 Å². The Morgan fingerprint density at radius 2 is 1.74 bits per heavy atom. The summed E-state index contributed by atoms with van der Waals surface area (Å²) < 4.78 is 26.1. The van der Waals surface area contributed by atoms with Gasteiger partial charge >= 0.3 is 0 Å². The molecule has 100 valence electrons. The number of halogens is 2.